The summed E-state index contributed by atoms with van der Waals surface area (Å²) in [4.78, 5) is 26.3. The number of carboxylic acid groups (broad SMARTS) is 1. The molecule has 0 bridgehead atoms. The molecule has 0 fully saturated rings. The van der Waals surface area contributed by atoms with Crippen molar-refractivity contribution in [3.63, 3.8) is 0 Å². The molecule has 1 rings (SSSR count). The summed E-state index contributed by atoms with van der Waals surface area (Å²) in [6.45, 7) is 3.35. The summed E-state index contributed by atoms with van der Waals surface area (Å²) in [5, 5.41) is 25.2. The van der Waals surface area contributed by atoms with Gasteiger partial charge in [-0.25, -0.2) is 14.6 Å². The number of nitrogens with one attached hydrogen (secondary N) is 2. The molecule has 1 aromatic rings. The molecule has 100 valence electrons. The zero-order chi connectivity index (χ0) is 13.7. The Bertz CT molecular complexity index is 433. The number of carbonyl (C=O) groups excluding carboxylic acids is 1. The maximum Gasteiger partial charge on any atom is 0.328 e. The van der Waals surface area contributed by atoms with Gasteiger partial charge in [-0.05, 0) is 13.8 Å². The molecule has 4 N–H and O–H groups in total. The minimum absolute atomic E-state index is 0.219. The molecule has 2 atom stereocenters. The van der Waals surface area contributed by atoms with Gasteiger partial charge in [0.15, 0.2) is 6.04 Å². The molecule has 0 saturated heterocycles. The van der Waals surface area contributed by atoms with E-state index in [4.69, 9.17) is 5.11 Å². The van der Waals surface area contributed by atoms with Crippen LogP contribution in [0.25, 0.3) is 0 Å². The Balaban J connectivity index is 2.43. The molecule has 0 radical (unpaired) electrons. The van der Waals surface area contributed by atoms with Crippen molar-refractivity contribution in [3.8, 4) is 0 Å². The van der Waals surface area contributed by atoms with Crippen LogP contribution in [0, 0.1) is 6.92 Å². The predicted octanol–water partition coefficient (Wildman–Crippen LogP) is 0.0847. The molecule has 0 unspecified atom stereocenters. The molecule has 18 heavy (non-hydrogen) atoms. The summed E-state index contributed by atoms with van der Waals surface area (Å²) < 4.78 is 0. The summed E-state index contributed by atoms with van der Waals surface area (Å²) in [6.07, 6.45) is -1.17. The summed E-state index contributed by atoms with van der Waals surface area (Å²) in [5.41, 5.74) is 0.865. The second kappa shape index (κ2) is 6.31. The van der Waals surface area contributed by atoms with Crippen molar-refractivity contribution >= 4 is 23.3 Å². The molecule has 1 heterocycles. The lowest BCUT2D eigenvalue weighted by atomic mass is 10.2. The Morgan fingerprint density at radius 1 is 1.56 bits per heavy atom. The van der Waals surface area contributed by atoms with Crippen molar-refractivity contribution < 1.29 is 19.8 Å². The van der Waals surface area contributed by atoms with Crippen LogP contribution >= 0.6 is 11.3 Å². The van der Waals surface area contributed by atoms with Crippen LogP contribution in [0.4, 0.5) is 4.79 Å². The highest BCUT2D eigenvalue weighted by Crippen LogP contribution is 2.07. The number of thiazole rings is 1. The fraction of sp³-hybridized carbons (Fsp3) is 0.500. The van der Waals surface area contributed by atoms with Crippen LogP contribution in [0.3, 0.4) is 0 Å². The maximum atomic E-state index is 11.4. The van der Waals surface area contributed by atoms with Gasteiger partial charge in [-0.2, -0.15) is 0 Å². The number of carboxylic acids is 1. The molecule has 0 saturated carbocycles. The lowest BCUT2D eigenvalue weighted by Gasteiger charge is -2.17. The van der Waals surface area contributed by atoms with E-state index in [9.17, 15) is 14.7 Å². The van der Waals surface area contributed by atoms with Crippen molar-refractivity contribution in [2.75, 3.05) is 0 Å². The van der Waals surface area contributed by atoms with Gasteiger partial charge in [-0.15, -0.1) is 11.3 Å². The highest BCUT2D eigenvalue weighted by Gasteiger charge is 2.24. The number of aliphatic hydroxyl groups excluding tert-OH is 1. The third kappa shape index (κ3) is 4.30. The van der Waals surface area contributed by atoms with Crippen molar-refractivity contribution in [1.82, 2.24) is 15.6 Å². The van der Waals surface area contributed by atoms with Crippen molar-refractivity contribution in [3.05, 3.63) is 16.1 Å². The van der Waals surface area contributed by atoms with Gasteiger partial charge in [0.25, 0.3) is 0 Å². The van der Waals surface area contributed by atoms with E-state index < -0.39 is 24.1 Å². The molecule has 0 aliphatic rings. The van der Waals surface area contributed by atoms with Gasteiger partial charge in [0, 0.05) is 11.1 Å². The molecular formula is C10H15N3O4S. The monoisotopic (exact) mass is 273 g/mol. The first-order valence-corrected chi connectivity index (χ1v) is 6.14. The quantitative estimate of drug-likeness (QED) is 0.607. The van der Waals surface area contributed by atoms with Crippen LogP contribution in [-0.2, 0) is 11.3 Å². The van der Waals surface area contributed by atoms with Crippen LogP contribution in [0.15, 0.2) is 5.38 Å². The van der Waals surface area contributed by atoms with Gasteiger partial charge in [-0.1, -0.05) is 0 Å². The van der Waals surface area contributed by atoms with E-state index in [-0.39, 0.29) is 6.54 Å². The van der Waals surface area contributed by atoms with Crippen molar-refractivity contribution in [1.29, 1.82) is 0 Å². The number of aliphatic carboxylic acids is 1. The lowest BCUT2D eigenvalue weighted by Crippen LogP contribution is -2.50. The average Bonchev–Trinajstić information content (AvgIpc) is 2.68. The normalized spacial score (nSPS) is 13.7. The summed E-state index contributed by atoms with van der Waals surface area (Å²) in [5.74, 6) is -1.29. The number of hydrogen-bond acceptors (Lipinski definition) is 5. The SMILES string of the molecule is Cc1csc(CNC(=O)N[C@H](C(=O)O)[C@@H](C)O)n1. The maximum absolute atomic E-state index is 11.4. The molecule has 0 aliphatic carbocycles. The Morgan fingerprint density at radius 3 is 2.67 bits per heavy atom. The Hall–Kier alpha value is -1.67. The fourth-order valence-electron chi connectivity index (χ4n) is 1.22. The number of nitrogens with zero attached hydrogens (tertiary/aromatic N) is 1. The van der Waals surface area contributed by atoms with Crippen molar-refractivity contribution in [2.24, 2.45) is 0 Å². The van der Waals surface area contributed by atoms with E-state index in [0.29, 0.717) is 0 Å². The summed E-state index contributed by atoms with van der Waals surface area (Å²) >= 11 is 1.40. The smallest absolute Gasteiger partial charge is 0.328 e. The number of aliphatic hydroxyl groups is 1. The Kier molecular flexibility index (Phi) is 5.05. The van der Waals surface area contributed by atoms with Crippen molar-refractivity contribution in [2.45, 2.75) is 32.5 Å². The zero-order valence-corrected chi connectivity index (χ0v) is 10.8. The minimum atomic E-state index is -1.33. The molecule has 8 heteroatoms. The largest absolute Gasteiger partial charge is 0.480 e. The fourth-order valence-corrected chi connectivity index (χ4v) is 1.93. The van der Waals surface area contributed by atoms with Gasteiger partial charge >= 0.3 is 12.0 Å². The van der Waals surface area contributed by atoms with Crippen LogP contribution in [0.2, 0.25) is 0 Å². The lowest BCUT2D eigenvalue weighted by molar-refractivity contribution is -0.141. The predicted molar refractivity (Wildman–Crippen MR) is 65.3 cm³/mol. The molecule has 2 amide bonds. The zero-order valence-electron chi connectivity index (χ0n) is 10.0. The van der Waals surface area contributed by atoms with E-state index in [1.807, 2.05) is 12.3 Å². The Labute approximate surface area is 108 Å². The average molecular weight is 273 g/mol. The number of hydrogen-bond donors (Lipinski definition) is 4. The highest BCUT2D eigenvalue weighted by molar-refractivity contribution is 7.09. The second-order valence-electron chi connectivity index (χ2n) is 3.77. The van der Waals surface area contributed by atoms with E-state index in [1.54, 1.807) is 0 Å². The molecule has 0 aromatic carbocycles. The van der Waals surface area contributed by atoms with Gasteiger partial charge in [-0.3, -0.25) is 0 Å². The first-order chi connectivity index (χ1) is 8.40. The van der Waals surface area contributed by atoms with Crippen LogP contribution in [0.1, 0.15) is 17.6 Å². The Morgan fingerprint density at radius 2 is 2.22 bits per heavy atom. The topological polar surface area (TPSA) is 112 Å². The molecule has 7 nitrogen and oxygen atoms in total. The number of carbonyl (C=O) groups is 2. The number of urea groups is 1. The van der Waals surface area contributed by atoms with E-state index in [2.05, 4.69) is 15.6 Å². The highest BCUT2D eigenvalue weighted by atomic mass is 32.1. The van der Waals surface area contributed by atoms with Crippen LogP contribution in [0.5, 0.6) is 0 Å². The van der Waals surface area contributed by atoms with Crippen LogP contribution in [-0.4, -0.2) is 39.3 Å². The first-order valence-electron chi connectivity index (χ1n) is 5.26. The minimum Gasteiger partial charge on any atom is -0.480 e. The standard InChI is InChI=1S/C10H15N3O4S/c1-5-4-18-7(12-5)3-11-10(17)13-8(6(2)14)9(15)16/h4,6,8,14H,3H2,1-2H3,(H,15,16)(H2,11,13,17)/t6-,8+/m1/s1. The van der Waals surface area contributed by atoms with E-state index in [0.717, 1.165) is 10.7 Å². The summed E-state index contributed by atoms with van der Waals surface area (Å²) in [7, 11) is 0. The molecule has 0 spiro atoms. The van der Waals surface area contributed by atoms with E-state index in [1.165, 1.54) is 18.3 Å². The number of aryl methyl sites for hydroxylation is 1. The molecule has 0 aliphatic heterocycles. The molecular weight excluding hydrogens is 258 g/mol. The van der Waals surface area contributed by atoms with Gasteiger partial charge < -0.3 is 20.8 Å². The van der Waals surface area contributed by atoms with Gasteiger partial charge in [0.05, 0.1) is 12.6 Å². The molecule has 1 aromatic heterocycles. The van der Waals surface area contributed by atoms with Gasteiger partial charge in [0.1, 0.15) is 5.01 Å². The third-order valence-electron chi connectivity index (χ3n) is 2.10. The van der Waals surface area contributed by atoms with Gasteiger partial charge in [0.2, 0.25) is 0 Å². The van der Waals surface area contributed by atoms with E-state index >= 15 is 0 Å². The van der Waals surface area contributed by atoms with Crippen LogP contribution < -0.4 is 10.6 Å². The number of amides is 2. The second-order valence-corrected chi connectivity index (χ2v) is 4.71. The number of rotatable bonds is 5. The first kappa shape index (κ1) is 14.4. The third-order valence-corrected chi connectivity index (χ3v) is 3.07. The summed E-state index contributed by atoms with van der Waals surface area (Å²) in [6, 6.07) is -1.99. The number of aromatic nitrogens is 1.